The zero-order valence-corrected chi connectivity index (χ0v) is 20.6. The molecule has 0 bridgehead atoms. The van der Waals surface area contributed by atoms with Crippen LogP contribution in [-0.4, -0.2) is 49.8 Å². The van der Waals surface area contributed by atoms with Gasteiger partial charge in [0.2, 0.25) is 5.78 Å². The molecule has 8 nitrogen and oxygen atoms in total. The molecule has 4 rings (SSSR count). The van der Waals surface area contributed by atoms with Crippen molar-refractivity contribution in [1.29, 1.82) is 0 Å². The molecule has 10 heteroatoms. The van der Waals surface area contributed by atoms with Gasteiger partial charge in [-0.05, 0) is 42.0 Å². The van der Waals surface area contributed by atoms with Gasteiger partial charge in [-0.2, -0.15) is 5.10 Å². The Labute approximate surface area is 203 Å². The molecule has 0 saturated carbocycles. The maximum atomic E-state index is 12.9. The summed E-state index contributed by atoms with van der Waals surface area (Å²) in [6.07, 6.45) is 5.72. The van der Waals surface area contributed by atoms with Crippen LogP contribution in [0.2, 0.25) is 5.02 Å². The lowest BCUT2D eigenvalue weighted by Gasteiger charge is -2.29. The Balaban J connectivity index is 1.38. The summed E-state index contributed by atoms with van der Waals surface area (Å²) < 4.78 is 3.84. The summed E-state index contributed by atoms with van der Waals surface area (Å²) in [7, 11) is 0. The van der Waals surface area contributed by atoms with Crippen LogP contribution >= 0.6 is 23.5 Å². The molecule has 0 unspecified atom stereocenters. The van der Waals surface area contributed by atoms with Crippen LogP contribution in [0.3, 0.4) is 0 Å². The minimum absolute atomic E-state index is 0.202. The quantitative estimate of drug-likeness (QED) is 0.481. The minimum Gasteiger partial charge on any atom is -0.347 e. The van der Waals surface area contributed by atoms with Gasteiger partial charge in [0.1, 0.15) is 12.0 Å². The Morgan fingerprint density at radius 3 is 2.70 bits per heavy atom. The number of rotatable bonds is 8. The van der Waals surface area contributed by atoms with Gasteiger partial charge in [0.15, 0.2) is 0 Å². The number of hydrogen-bond donors (Lipinski definition) is 1. The van der Waals surface area contributed by atoms with Gasteiger partial charge in [0.25, 0.3) is 5.91 Å². The molecule has 3 aromatic rings. The van der Waals surface area contributed by atoms with E-state index < -0.39 is 0 Å². The van der Waals surface area contributed by atoms with E-state index in [1.807, 2.05) is 54.5 Å². The third-order valence-electron chi connectivity index (χ3n) is 5.18. The highest BCUT2D eigenvalue weighted by atomic mass is 35.5. The number of nitrogens with one attached hydrogen (secondary N) is 1. The molecule has 0 fully saturated rings. The Morgan fingerprint density at radius 1 is 1.24 bits per heavy atom. The number of hydrazone groups is 1. The average Bonchev–Trinajstić information content (AvgIpc) is 3.19. The van der Waals surface area contributed by atoms with Crippen LogP contribution in [0.15, 0.2) is 41.8 Å². The predicted octanol–water partition coefficient (Wildman–Crippen LogP) is 4.24. The summed E-state index contributed by atoms with van der Waals surface area (Å²) >= 11 is 7.89. The first-order chi connectivity index (χ1) is 15.9. The largest absolute Gasteiger partial charge is 0.347 e. The van der Waals surface area contributed by atoms with E-state index in [-0.39, 0.29) is 5.91 Å². The lowest BCUT2D eigenvalue weighted by atomic mass is 10.2. The van der Waals surface area contributed by atoms with Gasteiger partial charge in [0.05, 0.1) is 35.7 Å². The van der Waals surface area contributed by atoms with E-state index in [1.54, 1.807) is 10.6 Å². The topological polar surface area (TPSA) is 78.1 Å². The Bertz CT molecular complexity index is 1150. The third-order valence-corrected chi connectivity index (χ3v) is 6.80. The molecule has 1 aliphatic heterocycles. The van der Waals surface area contributed by atoms with E-state index in [0.717, 1.165) is 30.1 Å². The van der Waals surface area contributed by atoms with Gasteiger partial charge in [-0.3, -0.25) is 14.2 Å². The fourth-order valence-electron chi connectivity index (χ4n) is 3.46. The van der Waals surface area contributed by atoms with Crippen molar-refractivity contribution in [3.8, 4) is 0 Å². The molecule has 0 aliphatic carbocycles. The second kappa shape index (κ2) is 10.4. The predicted molar refractivity (Wildman–Crippen MR) is 135 cm³/mol. The molecule has 33 heavy (non-hydrogen) atoms. The zero-order valence-electron chi connectivity index (χ0n) is 19.0. The number of halogens is 1. The van der Waals surface area contributed by atoms with Crippen LogP contribution in [0.5, 0.6) is 0 Å². The molecule has 174 valence electrons. The van der Waals surface area contributed by atoms with Crippen LogP contribution in [0.4, 0.5) is 5.69 Å². The molecule has 1 aliphatic rings. The number of aromatic nitrogens is 3. The van der Waals surface area contributed by atoms with Crippen LogP contribution in [-0.2, 0) is 13.0 Å². The van der Waals surface area contributed by atoms with Gasteiger partial charge in [-0.25, -0.2) is 9.97 Å². The molecular formula is C23H28ClN7OS. The van der Waals surface area contributed by atoms with E-state index in [1.165, 1.54) is 6.20 Å². The number of imidazole rings is 1. The Kier molecular flexibility index (Phi) is 7.39. The van der Waals surface area contributed by atoms with Crippen LogP contribution in [0, 0.1) is 5.92 Å². The van der Waals surface area contributed by atoms with Crippen molar-refractivity contribution >= 4 is 47.3 Å². The highest BCUT2D eigenvalue weighted by Crippen LogP contribution is 2.21. The standard InChI is InChI=1S/C23H28ClN7OS/c1-4-20-21(30-13-18(24)12-26-23(30)28-20)22(32)25-11-17-5-7-19(8-6-17)31-10-9-29(15-27-31)33-14-16(2)3/h5-8,12-13,15-16H,4,9-11,14H2,1-3H3,(H,25,32). The summed E-state index contributed by atoms with van der Waals surface area (Å²) in [4.78, 5) is 21.6. The Hall–Kier alpha value is -2.78. The van der Waals surface area contributed by atoms with E-state index in [4.69, 9.17) is 11.6 Å². The third kappa shape index (κ3) is 5.59. The number of benzene rings is 1. The number of nitrogens with zero attached hydrogens (tertiary/aromatic N) is 6. The molecular weight excluding hydrogens is 458 g/mol. The summed E-state index contributed by atoms with van der Waals surface area (Å²) in [6.45, 7) is 8.57. The maximum Gasteiger partial charge on any atom is 0.270 e. The first-order valence-corrected chi connectivity index (χ1v) is 12.4. The number of hydrogen-bond acceptors (Lipinski definition) is 7. The fourth-order valence-corrected chi connectivity index (χ4v) is 4.42. The summed E-state index contributed by atoms with van der Waals surface area (Å²) in [5.74, 6) is 2.01. The van der Waals surface area contributed by atoms with Gasteiger partial charge in [-0.15, -0.1) is 0 Å². The van der Waals surface area contributed by atoms with E-state index in [9.17, 15) is 4.79 Å². The van der Waals surface area contributed by atoms with Crippen molar-refractivity contribution in [2.45, 2.75) is 33.7 Å². The first-order valence-electron chi connectivity index (χ1n) is 11.1. The summed E-state index contributed by atoms with van der Waals surface area (Å²) in [6, 6.07) is 8.09. The molecule has 2 aromatic heterocycles. The van der Waals surface area contributed by atoms with E-state index in [0.29, 0.717) is 41.1 Å². The molecule has 3 heterocycles. The lowest BCUT2D eigenvalue weighted by Crippen LogP contribution is -2.34. The van der Waals surface area contributed by atoms with Crippen molar-refractivity contribution in [2.24, 2.45) is 11.0 Å². The van der Waals surface area contributed by atoms with Gasteiger partial charge in [-0.1, -0.05) is 44.5 Å². The highest BCUT2D eigenvalue weighted by Gasteiger charge is 2.19. The maximum absolute atomic E-state index is 12.9. The van der Waals surface area contributed by atoms with Gasteiger partial charge < -0.3 is 9.62 Å². The van der Waals surface area contributed by atoms with Crippen molar-refractivity contribution in [2.75, 3.05) is 23.9 Å². The van der Waals surface area contributed by atoms with Crippen molar-refractivity contribution < 1.29 is 4.79 Å². The van der Waals surface area contributed by atoms with Crippen molar-refractivity contribution in [3.05, 3.63) is 58.6 Å². The molecule has 0 radical (unpaired) electrons. The van der Waals surface area contributed by atoms with E-state index >= 15 is 0 Å². The molecule has 1 N–H and O–H groups in total. The minimum atomic E-state index is -0.202. The average molecular weight is 486 g/mol. The van der Waals surface area contributed by atoms with E-state index in [2.05, 4.69) is 38.5 Å². The smallest absolute Gasteiger partial charge is 0.270 e. The number of amides is 1. The second-order valence-electron chi connectivity index (χ2n) is 8.24. The SMILES string of the molecule is CCc1nc2ncc(Cl)cn2c1C(=O)NCc1ccc(N2CCN(SCC(C)C)C=N2)cc1. The highest BCUT2D eigenvalue weighted by molar-refractivity contribution is 7.97. The molecule has 1 amide bonds. The Morgan fingerprint density at radius 2 is 2.03 bits per heavy atom. The fraction of sp³-hybridized carbons (Fsp3) is 0.391. The normalized spacial score (nSPS) is 13.8. The van der Waals surface area contributed by atoms with Crippen LogP contribution in [0.25, 0.3) is 5.78 Å². The molecule has 0 atom stereocenters. The zero-order chi connectivity index (χ0) is 23.4. The number of anilines is 1. The molecule has 0 saturated heterocycles. The van der Waals surface area contributed by atoms with Crippen LogP contribution in [0.1, 0.15) is 42.5 Å². The van der Waals surface area contributed by atoms with Crippen molar-refractivity contribution in [3.63, 3.8) is 0 Å². The molecule has 1 aromatic carbocycles. The van der Waals surface area contributed by atoms with Crippen LogP contribution < -0.4 is 10.3 Å². The monoisotopic (exact) mass is 485 g/mol. The number of fused-ring (bicyclic) bond motifs is 1. The summed E-state index contributed by atoms with van der Waals surface area (Å²) in [5.41, 5.74) is 3.21. The summed E-state index contributed by atoms with van der Waals surface area (Å²) in [5, 5.41) is 10.0. The number of carbonyl (C=O) groups is 1. The molecule has 0 spiro atoms. The first kappa shape index (κ1) is 23.4. The number of carbonyl (C=O) groups excluding carboxylic acids is 1. The second-order valence-corrected chi connectivity index (χ2v) is 9.73. The van der Waals surface area contributed by atoms with Crippen molar-refractivity contribution in [1.82, 2.24) is 24.0 Å². The van der Waals surface area contributed by atoms with Gasteiger partial charge >= 0.3 is 0 Å². The lowest BCUT2D eigenvalue weighted by molar-refractivity contribution is 0.0944. The van der Waals surface area contributed by atoms with Gasteiger partial charge in [0, 0.05) is 18.5 Å². The number of aryl methyl sites for hydroxylation is 1.